The Morgan fingerprint density at radius 2 is 2.47 bits per heavy atom. The molecule has 0 radical (unpaired) electrons. The number of nitrogens with zero attached hydrogens (tertiary/aromatic N) is 4. The van der Waals surface area contributed by atoms with Crippen molar-refractivity contribution in [1.82, 2.24) is 24.5 Å². The molecule has 0 fully saturated rings. The summed E-state index contributed by atoms with van der Waals surface area (Å²) in [6.45, 7) is 3.00. The smallest absolute Gasteiger partial charge is 0.132 e. The molecule has 80 valence electrons. The summed E-state index contributed by atoms with van der Waals surface area (Å²) < 4.78 is 5.97. The zero-order chi connectivity index (χ0) is 10.7. The summed E-state index contributed by atoms with van der Waals surface area (Å²) in [6, 6.07) is 0.0266. The van der Waals surface area contributed by atoms with Crippen molar-refractivity contribution in [2.75, 3.05) is 7.05 Å². The molecule has 2 rings (SSSR count). The van der Waals surface area contributed by atoms with Gasteiger partial charge in [-0.25, -0.2) is 4.98 Å². The van der Waals surface area contributed by atoms with Crippen LogP contribution in [0.4, 0.5) is 0 Å². The Morgan fingerprint density at radius 3 is 3.07 bits per heavy atom. The first-order valence-corrected chi connectivity index (χ1v) is 5.65. The lowest BCUT2D eigenvalue weighted by molar-refractivity contribution is 0.578. The number of nitrogens with one attached hydrogen (secondary N) is 1. The van der Waals surface area contributed by atoms with Gasteiger partial charge in [-0.15, -0.1) is 5.10 Å². The van der Waals surface area contributed by atoms with Gasteiger partial charge in [0, 0.05) is 24.3 Å². The summed E-state index contributed by atoms with van der Waals surface area (Å²) in [5.74, 6) is 0.979. The van der Waals surface area contributed by atoms with Gasteiger partial charge in [0.15, 0.2) is 0 Å². The summed E-state index contributed by atoms with van der Waals surface area (Å²) in [7, 11) is 1.90. The zero-order valence-corrected chi connectivity index (χ0v) is 9.53. The molecular formula is C9H13N5S. The van der Waals surface area contributed by atoms with Gasteiger partial charge in [-0.05, 0) is 25.5 Å². The maximum Gasteiger partial charge on any atom is 0.132 e. The van der Waals surface area contributed by atoms with E-state index in [1.54, 1.807) is 0 Å². The van der Waals surface area contributed by atoms with Crippen LogP contribution in [-0.2, 0) is 6.54 Å². The average molecular weight is 223 g/mol. The van der Waals surface area contributed by atoms with Gasteiger partial charge in [-0.1, -0.05) is 4.49 Å². The SMILES string of the molecule is CCn1ccnc1C(NC)c1csnn1. The Labute approximate surface area is 92.3 Å². The minimum Gasteiger partial charge on any atom is -0.334 e. The lowest BCUT2D eigenvalue weighted by Gasteiger charge is -2.14. The van der Waals surface area contributed by atoms with Crippen molar-refractivity contribution in [2.24, 2.45) is 0 Å². The molecule has 1 atom stereocenters. The van der Waals surface area contributed by atoms with E-state index in [9.17, 15) is 0 Å². The molecule has 0 saturated heterocycles. The predicted octanol–water partition coefficient (Wildman–Crippen LogP) is 1.06. The van der Waals surface area contributed by atoms with Gasteiger partial charge in [-0.3, -0.25) is 0 Å². The van der Waals surface area contributed by atoms with Gasteiger partial charge < -0.3 is 9.88 Å². The molecule has 0 aliphatic rings. The highest BCUT2D eigenvalue weighted by atomic mass is 32.1. The molecule has 0 aromatic carbocycles. The number of aromatic nitrogens is 4. The van der Waals surface area contributed by atoms with Crippen molar-refractivity contribution in [1.29, 1.82) is 0 Å². The molecule has 0 spiro atoms. The third-order valence-corrected chi connectivity index (χ3v) is 2.83. The molecule has 2 aromatic heterocycles. The zero-order valence-electron chi connectivity index (χ0n) is 8.71. The Bertz CT molecular complexity index is 408. The Kier molecular flexibility index (Phi) is 3.08. The normalized spacial score (nSPS) is 12.9. The molecule has 1 N–H and O–H groups in total. The van der Waals surface area contributed by atoms with E-state index in [4.69, 9.17) is 0 Å². The first-order chi connectivity index (χ1) is 7.36. The fourth-order valence-electron chi connectivity index (χ4n) is 1.56. The van der Waals surface area contributed by atoms with E-state index in [0.717, 1.165) is 18.1 Å². The van der Waals surface area contributed by atoms with Crippen LogP contribution in [0, 0.1) is 0 Å². The molecule has 0 saturated carbocycles. The van der Waals surface area contributed by atoms with Crippen molar-refractivity contribution < 1.29 is 0 Å². The molecule has 0 aliphatic carbocycles. The maximum atomic E-state index is 4.35. The molecule has 0 aliphatic heterocycles. The van der Waals surface area contributed by atoms with E-state index in [1.807, 2.05) is 24.8 Å². The van der Waals surface area contributed by atoms with E-state index in [0.29, 0.717) is 0 Å². The van der Waals surface area contributed by atoms with Crippen molar-refractivity contribution in [2.45, 2.75) is 19.5 Å². The second kappa shape index (κ2) is 4.50. The lowest BCUT2D eigenvalue weighted by atomic mass is 10.2. The number of imidazole rings is 1. The first kappa shape index (κ1) is 10.3. The van der Waals surface area contributed by atoms with Crippen molar-refractivity contribution in [3.63, 3.8) is 0 Å². The van der Waals surface area contributed by atoms with E-state index in [-0.39, 0.29) is 6.04 Å². The van der Waals surface area contributed by atoms with Crippen LogP contribution in [0.1, 0.15) is 24.5 Å². The highest BCUT2D eigenvalue weighted by molar-refractivity contribution is 7.03. The average Bonchev–Trinajstić information content (AvgIpc) is 2.89. The summed E-state index contributed by atoms with van der Waals surface area (Å²) in [5, 5.41) is 9.21. The molecule has 5 nitrogen and oxygen atoms in total. The van der Waals surface area contributed by atoms with Crippen LogP contribution in [0.3, 0.4) is 0 Å². The second-order valence-corrected chi connectivity index (χ2v) is 3.73. The topological polar surface area (TPSA) is 55.6 Å². The van der Waals surface area contributed by atoms with Crippen molar-refractivity contribution >= 4 is 11.5 Å². The molecule has 2 heterocycles. The highest BCUT2D eigenvalue weighted by Gasteiger charge is 2.18. The van der Waals surface area contributed by atoms with Crippen LogP contribution < -0.4 is 5.32 Å². The van der Waals surface area contributed by atoms with Crippen LogP contribution >= 0.6 is 11.5 Å². The first-order valence-electron chi connectivity index (χ1n) is 4.82. The lowest BCUT2D eigenvalue weighted by Crippen LogP contribution is -2.22. The summed E-state index contributed by atoms with van der Waals surface area (Å²) in [4.78, 5) is 4.35. The predicted molar refractivity (Wildman–Crippen MR) is 58.7 cm³/mol. The molecule has 15 heavy (non-hydrogen) atoms. The van der Waals surface area contributed by atoms with Crippen LogP contribution in [0.2, 0.25) is 0 Å². The van der Waals surface area contributed by atoms with Crippen LogP contribution in [0.15, 0.2) is 17.8 Å². The van der Waals surface area contributed by atoms with E-state index >= 15 is 0 Å². The standard InChI is InChI=1S/C9H13N5S/c1-3-14-5-4-11-9(14)8(10-2)7-6-15-13-12-7/h4-6,8,10H,3H2,1-2H3. The third kappa shape index (κ3) is 1.91. The van der Waals surface area contributed by atoms with Gasteiger partial charge in [-0.2, -0.15) is 0 Å². The molecule has 0 amide bonds. The molecule has 2 aromatic rings. The highest BCUT2D eigenvalue weighted by Crippen LogP contribution is 2.18. The summed E-state index contributed by atoms with van der Waals surface area (Å²) >= 11 is 1.36. The molecule has 1 unspecified atom stereocenters. The van der Waals surface area contributed by atoms with Crippen LogP contribution in [0.25, 0.3) is 0 Å². The second-order valence-electron chi connectivity index (χ2n) is 3.12. The Balaban J connectivity index is 2.35. The molecule has 6 heteroatoms. The Hall–Kier alpha value is -1.27. The minimum absolute atomic E-state index is 0.0266. The summed E-state index contributed by atoms with van der Waals surface area (Å²) in [5.41, 5.74) is 0.920. The number of hydrogen-bond acceptors (Lipinski definition) is 5. The van der Waals surface area contributed by atoms with Gasteiger partial charge >= 0.3 is 0 Å². The fraction of sp³-hybridized carbons (Fsp3) is 0.444. The van der Waals surface area contributed by atoms with Gasteiger partial charge in [0.1, 0.15) is 17.6 Å². The van der Waals surface area contributed by atoms with E-state index in [1.165, 1.54) is 11.5 Å². The van der Waals surface area contributed by atoms with Crippen molar-refractivity contribution in [3.8, 4) is 0 Å². The van der Waals surface area contributed by atoms with E-state index < -0.39 is 0 Å². The van der Waals surface area contributed by atoms with Gasteiger partial charge in [0.05, 0.1) is 0 Å². The van der Waals surface area contributed by atoms with Gasteiger partial charge in [0.25, 0.3) is 0 Å². The van der Waals surface area contributed by atoms with Crippen LogP contribution in [-0.4, -0.2) is 26.2 Å². The molecular weight excluding hydrogens is 210 g/mol. The number of rotatable bonds is 4. The molecule has 0 bridgehead atoms. The monoisotopic (exact) mass is 223 g/mol. The fourth-order valence-corrected chi connectivity index (χ4v) is 2.04. The number of hydrogen-bond donors (Lipinski definition) is 1. The number of aryl methyl sites for hydroxylation is 1. The third-order valence-electron chi connectivity index (χ3n) is 2.31. The Morgan fingerprint density at radius 1 is 1.60 bits per heavy atom. The quantitative estimate of drug-likeness (QED) is 0.842. The maximum absolute atomic E-state index is 4.35. The van der Waals surface area contributed by atoms with Crippen molar-refractivity contribution in [3.05, 3.63) is 29.3 Å². The van der Waals surface area contributed by atoms with Crippen LogP contribution in [0.5, 0.6) is 0 Å². The largest absolute Gasteiger partial charge is 0.334 e. The minimum atomic E-state index is 0.0266. The van der Waals surface area contributed by atoms with E-state index in [2.05, 4.69) is 31.4 Å². The summed E-state index contributed by atoms with van der Waals surface area (Å²) in [6.07, 6.45) is 3.78. The van der Waals surface area contributed by atoms with Gasteiger partial charge in [0.2, 0.25) is 0 Å².